The minimum Gasteiger partial charge on any atom is -0.318 e. The van der Waals surface area contributed by atoms with Gasteiger partial charge < -0.3 is 5.32 Å². The number of hydrogen-bond acceptors (Lipinski definition) is 4. The van der Waals surface area contributed by atoms with Gasteiger partial charge in [0.25, 0.3) is 5.91 Å². The number of carbonyl (C=O) groups excluding carboxylic acids is 1. The average molecular weight is 515 g/mol. The number of rotatable bonds is 5. The molecule has 3 aromatic heterocycles. The number of nitrogens with one attached hydrogen (secondary N) is 1. The van der Waals surface area contributed by atoms with Crippen molar-refractivity contribution in [3.05, 3.63) is 101 Å². The van der Waals surface area contributed by atoms with Gasteiger partial charge in [0.15, 0.2) is 17.0 Å². The van der Waals surface area contributed by atoms with Crippen molar-refractivity contribution in [3.8, 4) is 11.3 Å². The molecule has 0 radical (unpaired) electrons. The van der Waals surface area contributed by atoms with E-state index in [0.717, 1.165) is 29.8 Å². The molecule has 0 saturated heterocycles. The van der Waals surface area contributed by atoms with Gasteiger partial charge in [0.1, 0.15) is 5.82 Å². The first-order chi connectivity index (χ1) is 17.2. The number of aromatic nitrogens is 5. The molecule has 1 N–H and O–H groups in total. The lowest BCUT2D eigenvalue weighted by molar-refractivity contribution is -0.142. The summed E-state index contributed by atoms with van der Waals surface area (Å²) in [4.78, 5) is 16.9. The number of fused-ring (bicyclic) bond motifs is 1. The van der Waals surface area contributed by atoms with E-state index in [0.29, 0.717) is 21.8 Å². The van der Waals surface area contributed by atoms with Crippen LogP contribution < -0.4 is 5.32 Å². The Morgan fingerprint density at radius 2 is 1.75 bits per heavy atom. The molecule has 1 amide bonds. The highest BCUT2D eigenvalue weighted by molar-refractivity contribution is 6.30. The largest absolute Gasteiger partial charge is 0.433 e. The molecule has 0 atom stereocenters. The van der Waals surface area contributed by atoms with Crippen molar-refractivity contribution in [2.75, 3.05) is 5.32 Å². The third kappa shape index (κ3) is 4.91. The number of halogens is 5. The molecule has 5 rings (SSSR count). The average Bonchev–Trinajstić information content (AvgIpc) is 3.46. The standard InChI is InChI=1S/C24H15ClF4N6O/c25-16-5-1-14(2-6-16)12-34-13-18(11-30-34)31-23(36)20-10-22-32-19(15-3-7-17(26)8-4-15)9-21(24(27,28)29)35(22)33-20/h1-11,13H,12H2,(H,31,36). The Hall–Kier alpha value is -4.25. The Balaban J connectivity index is 1.42. The lowest BCUT2D eigenvalue weighted by atomic mass is 10.1. The molecule has 0 fully saturated rings. The zero-order valence-electron chi connectivity index (χ0n) is 18.2. The maximum atomic E-state index is 13.8. The summed E-state index contributed by atoms with van der Waals surface area (Å²) in [6.07, 6.45) is -1.79. The maximum absolute atomic E-state index is 13.8. The molecule has 0 unspecified atom stereocenters. The molecule has 0 aliphatic heterocycles. The summed E-state index contributed by atoms with van der Waals surface area (Å²) in [5.74, 6) is -1.27. The van der Waals surface area contributed by atoms with E-state index in [9.17, 15) is 22.4 Å². The molecule has 0 bridgehead atoms. The van der Waals surface area contributed by atoms with E-state index >= 15 is 0 Å². The molecule has 36 heavy (non-hydrogen) atoms. The van der Waals surface area contributed by atoms with Crippen molar-refractivity contribution in [1.29, 1.82) is 0 Å². The van der Waals surface area contributed by atoms with Crippen molar-refractivity contribution >= 4 is 28.8 Å². The van der Waals surface area contributed by atoms with Crippen LogP contribution in [0.1, 0.15) is 21.7 Å². The van der Waals surface area contributed by atoms with Gasteiger partial charge in [-0.05, 0) is 48.0 Å². The molecule has 0 aliphatic carbocycles. The molecule has 0 aliphatic rings. The van der Waals surface area contributed by atoms with Gasteiger partial charge in [-0.1, -0.05) is 23.7 Å². The van der Waals surface area contributed by atoms with Crippen LogP contribution in [0, 0.1) is 5.82 Å². The van der Waals surface area contributed by atoms with E-state index < -0.39 is 23.6 Å². The topological polar surface area (TPSA) is 77.1 Å². The van der Waals surface area contributed by atoms with E-state index in [1.165, 1.54) is 18.3 Å². The summed E-state index contributed by atoms with van der Waals surface area (Å²) >= 11 is 5.89. The van der Waals surface area contributed by atoms with Crippen LogP contribution in [0.25, 0.3) is 16.9 Å². The third-order valence-electron chi connectivity index (χ3n) is 5.24. The summed E-state index contributed by atoms with van der Waals surface area (Å²) in [6, 6.07) is 14.0. The fourth-order valence-electron chi connectivity index (χ4n) is 3.54. The summed E-state index contributed by atoms with van der Waals surface area (Å²) < 4.78 is 56.7. The smallest absolute Gasteiger partial charge is 0.318 e. The van der Waals surface area contributed by atoms with Gasteiger partial charge in [0.05, 0.1) is 24.1 Å². The van der Waals surface area contributed by atoms with Crippen LogP contribution >= 0.6 is 11.6 Å². The summed E-state index contributed by atoms with van der Waals surface area (Å²) in [7, 11) is 0. The number of carbonyl (C=O) groups is 1. The maximum Gasteiger partial charge on any atom is 0.433 e. The molecule has 5 aromatic rings. The number of hydrogen-bond donors (Lipinski definition) is 1. The molecule has 12 heteroatoms. The van der Waals surface area contributed by atoms with Crippen molar-refractivity contribution in [2.45, 2.75) is 12.7 Å². The minimum absolute atomic E-state index is 0.0369. The number of anilines is 1. The zero-order valence-corrected chi connectivity index (χ0v) is 18.9. The normalized spacial score (nSPS) is 11.7. The fourth-order valence-corrected chi connectivity index (χ4v) is 3.67. The van der Waals surface area contributed by atoms with E-state index in [-0.39, 0.29) is 22.6 Å². The molecule has 3 heterocycles. The Morgan fingerprint density at radius 3 is 2.44 bits per heavy atom. The van der Waals surface area contributed by atoms with E-state index in [1.807, 2.05) is 12.1 Å². The van der Waals surface area contributed by atoms with Gasteiger partial charge in [-0.2, -0.15) is 23.4 Å². The molecule has 182 valence electrons. The lowest BCUT2D eigenvalue weighted by Gasteiger charge is -2.11. The Bertz CT molecular complexity index is 1560. The van der Waals surface area contributed by atoms with Gasteiger partial charge in [-0.15, -0.1) is 0 Å². The lowest BCUT2D eigenvalue weighted by Crippen LogP contribution is -2.15. The van der Waals surface area contributed by atoms with Crippen LogP contribution in [0.4, 0.5) is 23.2 Å². The van der Waals surface area contributed by atoms with Crippen LogP contribution in [0.2, 0.25) is 5.02 Å². The van der Waals surface area contributed by atoms with Crippen LogP contribution in [-0.2, 0) is 12.7 Å². The van der Waals surface area contributed by atoms with E-state index in [2.05, 4.69) is 20.5 Å². The van der Waals surface area contributed by atoms with Crippen LogP contribution in [-0.4, -0.2) is 30.3 Å². The van der Waals surface area contributed by atoms with Gasteiger partial charge in [-0.25, -0.2) is 13.9 Å². The Labute approximate surface area is 206 Å². The highest BCUT2D eigenvalue weighted by Crippen LogP contribution is 2.32. The van der Waals surface area contributed by atoms with Gasteiger partial charge in [-0.3, -0.25) is 9.48 Å². The van der Waals surface area contributed by atoms with Crippen molar-refractivity contribution < 1.29 is 22.4 Å². The predicted octanol–water partition coefficient (Wildman–Crippen LogP) is 5.70. The molecular formula is C24H15ClF4N6O. The molecule has 0 spiro atoms. The first kappa shape index (κ1) is 23.5. The number of alkyl halides is 3. The number of benzene rings is 2. The molecular weight excluding hydrogens is 500 g/mol. The highest BCUT2D eigenvalue weighted by atomic mass is 35.5. The second kappa shape index (κ2) is 9.08. The third-order valence-corrected chi connectivity index (χ3v) is 5.49. The molecule has 0 saturated carbocycles. The SMILES string of the molecule is O=C(Nc1cnn(Cc2ccc(Cl)cc2)c1)c1cc2nc(-c3ccc(F)cc3)cc(C(F)(F)F)n2n1. The van der Waals surface area contributed by atoms with Gasteiger partial charge in [0, 0.05) is 22.8 Å². The molecule has 7 nitrogen and oxygen atoms in total. The van der Waals surface area contributed by atoms with Crippen molar-refractivity contribution in [3.63, 3.8) is 0 Å². The Morgan fingerprint density at radius 1 is 1.03 bits per heavy atom. The van der Waals surface area contributed by atoms with Gasteiger partial charge in [0.2, 0.25) is 0 Å². The second-order valence-corrected chi connectivity index (χ2v) is 8.27. The van der Waals surface area contributed by atoms with Crippen LogP contribution in [0.15, 0.2) is 73.1 Å². The van der Waals surface area contributed by atoms with E-state index in [4.69, 9.17) is 11.6 Å². The van der Waals surface area contributed by atoms with E-state index in [1.54, 1.807) is 23.0 Å². The van der Waals surface area contributed by atoms with Crippen molar-refractivity contribution in [2.24, 2.45) is 0 Å². The van der Waals surface area contributed by atoms with Crippen LogP contribution in [0.3, 0.4) is 0 Å². The molecule has 2 aromatic carbocycles. The summed E-state index contributed by atoms with van der Waals surface area (Å²) in [6.45, 7) is 0.423. The zero-order chi connectivity index (χ0) is 25.4. The minimum atomic E-state index is -4.78. The number of amides is 1. The summed E-state index contributed by atoms with van der Waals surface area (Å²) in [5, 5.41) is 11.2. The fraction of sp³-hybridized carbons (Fsp3) is 0.0833. The Kier molecular flexibility index (Phi) is 5.92. The first-order valence-corrected chi connectivity index (χ1v) is 10.9. The quantitative estimate of drug-likeness (QED) is 0.305. The predicted molar refractivity (Wildman–Crippen MR) is 124 cm³/mol. The van der Waals surface area contributed by atoms with Crippen molar-refractivity contribution in [1.82, 2.24) is 24.4 Å². The monoisotopic (exact) mass is 514 g/mol. The van der Waals surface area contributed by atoms with Gasteiger partial charge >= 0.3 is 6.18 Å². The highest BCUT2D eigenvalue weighted by Gasteiger charge is 2.35. The number of nitrogens with zero attached hydrogens (tertiary/aromatic N) is 5. The summed E-state index contributed by atoms with van der Waals surface area (Å²) in [5.41, 5.74) is -0.0653. The van der Waals surface area contributed by atoms with Crippen LogP contribution in [0.5, 0.6) is 0 Å². The second-order valence-electron chi connectivity index (χ2n) is 7.84. The first-order valence-electron chi connectivity index (χ1n) is 10.5.